The van der Waals surface area contributed by atoms with E-state index in [1.54, 1.807) is 18.3 Å². The number of nitrogens with zero attached hydrogens (tertiary/aromatic N) is 1. The maximum Gasteiger partial charge on any atom is 0.319 e. The third-order valence-corrected chi connectivity index (χ3v) is 3.34. The minimum atomic E-state index is -0.466. The number of rotatable bonds is 4. The van der Waals surface area contributed by atoms with Crippen LogP contribution in [0, 0.1) is 5.82 Å². The molecule has 3 N–H and O–H groups in total. The van der Waals surface area contributed by atoms with Crippen LogP contribution < -0.4 is 10.6 Å². The quantitative estimate of drug-likeness (QED) is 0.690. The second-order valence-electron chi connectivity index (χ2n) is 4.95. The number of hydrogen-bond acceptors (Lipinski definition) is 2. The van der Waals surface area contributed by atoms with Gasteiger partial charge in [0, 0.05) is 12.7 Å². The third-order valence-electron chi connectivity index (χ3n) is 3.34. The smallest absolute Gasteiger partial charge is 0.319 e. The van der Waals surface area contributed by atoms with Gasteiger partial charge in [-0.05, 0) is 29.3 Å². The minimum Gasteiger partial charge on any atom is -0.334 e. The van der Waals surface area contributed by atoms with Gasteiger partial charge in [0.05, 0.1) is 11.4 Å². The number of carbonyl (C=O) groups excluding carboxylic acids is 1. The summed E-state index contributed by atoms with van der Waals surface area (Å²) in [5, 5.41) is 12.0. The van der Waals surface area contributed by atoms with Crippen LogP contribution in [0.25, 0.3) is 11.3 Å². The molecule has 23 heavy (non-hydrogen) atoms. The topological polar surface area (TPSA) is 69.8 Å². The van der Waals surface area contributed by atoms with Gasteiger partial charge < -0.3 is 10.6 Å². The molecule has 0 aliphatic carbocycles. The summed E-state index contributed by atoms with van der Waals surface area (Å²) in [7, 11) is 0. The van der Waals surface area contributed by atoms with Gasteiger partial charge in [0.1, 0.15) is 5.82 Å². The van der Waals surface area contributed by atoms with Crippen molar-refractivity contribution in [3.8, 4) is 11.3 Å². The van der Waals surface area contributed by atoms with Gasteiger partial charge in [-0.25, -0.2) is 9.18 Å². The zero-order chi connectivity index (χ0) is 16.1. The van der Waals surface area contributed by atoms with Crippen molar-refractivity contribution in [3.63, 3.8) is 0 Å². The lowest BCUT2D eigenvalue weighted by molar-refractivity contribution is 0.251. The molecule has 0 bridgehead atoms. The number of nitrogens with one attached hydrogen (secondary N) is 3. The molecular weight excluding hydrogens is 295 g/mol. The Morgan fingerprint density at radius 1 is 1.09 bits per heavy atom. The van der Waals surface area contributed by atoms with Gasteiger partial charge in [-0.3, -0.25) is 5.10 Å². The summed E-state index contributed by atoms with van der Waals surface area (Å²) >= 11 is 0. The Hall–Kier alpha value is -3.15. The lowest BCUT2D eigenvalue weighted by Gasteiger charge is -2.08. The van der Waals surface area contributed by atoms with E-state index in [9.17, 15) is 9.18 Å². The highest BCUT2D eigenvalue weighted by molar-refractivity contribution is 5.89. The summed E-state index contributed by atoms with van der Waals surface area (Å²) in [6.07, 6.45) is 1.69. The molecular formula is C17H15FN4O. The second-order valence-corrected chi connectivity index (χ2v) is 4.95. The Morgan fingerprint density at radius 2 is 1.87 bits per heavy atom. The number of benzene rings is 2. The third kappa shape index (κ3) is 3.74. The molecule has 3 rings (SSSR count). The highest BCUT2D eigenvalue weighted by atomic mass is 19.1. The molecule has 0 unspecified atom stereocenters. The fourth-order valence-electron chi connectivity index (χ4n) is 2.13. The van der Waals surface area contributed by atoms with Gasteiger partial charge >= 0.3 is 6.03 Å². The summed E-state index contributed by atoms with van der Waals surface area (Å²) in [6.45, 7) is 0.351. The summed E-state index contributed by atoms with van der Waals surface area (Å²) in [5.74, 6) is -0.466. The van der Waals surface area contributed by atoms with E-state index in [2.05, 4.69) is 20.8 Å². The number of urea groups is 1. The first-order chi connectivity index (χ1) is 11.2. The lowest BCUT2D eigenvalue weighted by Crippen LogP contribution is -2.28. The van der Waals surface area contributed by atoms with Crippen LogP contribution >= 0.6 is 0 Å². The Labute approximate surface area is 132 Å². The van der Waals surface area contributed by atoms with E-state index < -0.39 is 11.8 Å². The SMILES string of the molecule is O=C(NCc1ccc(-c2ccn[nH]2)cc1)Nc1ccccc1F. The van der Waals surface area contributed by atoms with Gasteiger partial charge in [0.15, 0.2) is 0 Å². The molecule has 0 spiro atoms. The van der Waals surface area contributed by atoms with Crippen LogP contribution in [0.4, 0.5) is 14.9 Å². The monoisotopic (exact) mass is 310 g/mol. The molecule has 1 heterocycles. The van der Waals surface area contributed by atoms with E-state index in [1.807, 2.05) is 30.3 Å². The number of carbonyl (C=O) groups is 1. The molecule has 0 fully saturated rings. The van der Waals surface area contributed by atoms with Crippen molar-refractivity contribution in [2.45, 2.75) is 6.54 Å². The van der Waals surface area contributed by atoms with Crippen LogP contribution in [0.5, 0.6) is 0 Å². The van der Waals surface area contributed by atoms with Crippen LogP contribution in [0.1, 0.15) is 5.56 Å². The van der Waals surface area contributed by atoms with E-state index in [1.165, 1.54) is 12.1 Å². The van der Waals surface area contributed by atoms with Gasteiger partial charge in [-0.15, -0.1) is 0 Å². The van der Waals surface area contributed by atoms with Crippen molar-refractivity contribution >= 4 is 11.7 Å². The average molecular weight is 310 g/mol. The summed E-state index contributed by atoms with van der Waals surface area (Å²) in [5.41, 5.74) is 3.04. The molecule has 5 nitrogen and oxygen atoms in total. The molecule has 0 atom stereocenters. The largest absolute Gasteiger partial charge is 0.334 e. The maximum absolute atomic E-state index is 13.4. The van der Waals surface area contributed by atoms with Crippen LogP contribution in [0.2, 0.25) is 0 Å². The van der Waals surface area contributed by atoms with Gasteiger partial charge in [-0.1, -0.05) is 36.4 Å². The lowest BCUT2D eigenvalue weighted by atomic mass is 10.1. The molecule has 6 heteroatoms. The Morgan fingerprint density at radius 3 is 2.57 bits per heavy atom. The highest BCUT2D eigenvalue weighted by Gasteiger charge is 2.06. The average Bonchev–Trinajstić information content (AvgIpc) is 3.10. The Bertz CT molecular complexity index is 785. The second kappa shape index (κ2) is 6.74. The Kier molecular flexibility index (Phi) is 4.33. The standard InChI is InChI=1S/C17H15FN4O/c18-14-3-1-2-4-16(14)21-17(23)19-11-12-5-7-13(8-6-12)15-9-10-20-22-15/h1-10H,11H2,(H,20,22)(H2,19,21,23). The van der Waals surface area contributed by atoms with Crippen LogP contribution in [-0.4, -0.2) is 16.2 Å². The van der Waals surface area contributed by atoms with Crippen LogP contribution in [0.15, 0.2) is 60.8 Å². The molecule has 0 saturated carbocycles. The normalized spacial score (nSPS) is 10.3. The van der Waals surface area contributed by atoms with E-state index >= 15 is 0 Å². The fraction of sp³-hybridized carbons (Fsp3) is 0.0588. The minimum absolute atomic E-state index is 0.152. The molecule has 2 amide bonds. The van der Waals surface area contributed by atoms with E-state index in [0.29, 0.717) is 6.54 Å². The molecule has 1 aromatic heterocycles. The summed E-state index contributed by atoms with van der Waals surface area (Å²) < 4.78 is 13.4. The number of anilines is 1. The van der Waals surface area contributed by atoms with E-state index in [4.69, 9.17) is 0 Å². The van der Waals surface area contributed by atoms with Gasteiger partial charge in [0.2, 0.25) is 0 Å². The number of aromatic nitrogens is 2. The zero-order valence-corrected chi connectivity index (χ0v) is 12.2. The van der Waals surface area contributed by atoms with Crippen molar-refractivity contribution in [3.05, 3.63) is 72.2 Å². The van der Waals surface area contributed by atoms with E-state index in [0.717, 1.165) is 16.8 Å². The summed E-state index contributed by atoms with van der Waals surface area (Å²) in [4.78, 5) is 11.8. The molecule has 0 radical (unpaired) electrons. The van der Waals surface area contributed by atoms with Crippen LogP contribution in [-0.2, 0) is 6.54 Å². The number of H-pyrrole nitrogens is 1. The first kappa shape index (κ1) is 14.8. The van der Waals surface area contributed by atoms with E-state index in [-0.39, 0.29) is 5.69 Å². The van der Waals surface area contributed by atoms with Crippen molar-refractivity contribution in [1.29, 1.82) is 0 Å². The van der Waals surface area contributed by atoms with Gasteiger partial charge in [-0.2, -0.15) is 5.10 Å². The predicted molar refractivity (Wildman–Crippen MR) is 86.3 cm³/mol. The number of para-hydroxylation sites is 1. The molecule has 3 aromatic rings. The Balaban J connectivity index is 1.56. The van der Waals surface area contributed by atoms with Crippen LogP contribution in [0.3, 0.4) is 0 Å². The highest BCUT2D eigenvalue weighted by Crippen LogP contribution is 2.16. The van der Waals surface area contributed by atoms with Crippen molar-refractivity contribution in [1.82, 2.24) is 15.5 Å². The van der Waals surface area contributed by atoms with Crippen molar-refractivity contribution in [2.24, 2.45) is 0 Å². The molecule has 0 aliphatic rings. The number of hydrogen-bond donors (Lipinski definition) is 3. The number of amides is 2. The predicted octanol–water partition coefficient (Wildman–Crippen LogP) is 3.54. The molecule has 116 valence electrons. The molecule has 0 aliphatic heterocycles. The first-order valence-corrected chi connectivity index (χ1v) is 7.10. The first-order valence-electron chi connectivity index (χ1n) is 7.10. The molecule has 0 saturated heterocycles. The van der Waals surface area contributed by atoms with Crippen molar-refractivity contribution in [2.75, 3.05) is 5.32 Å². The number of aromatic amines is 1. The van der Waals surface area contributed by atoms with Gasteiger partial charge in [0.25, 0.3) is 0 Å². The number of halogens is 1. The van der Waals surface area contributed by atoms with Crippen molar-refractivity contribution < 1.29 is 9.18 Å². The molecule has 2 aromatic carbocycles. The fourth-order valence-corrected chi connectivity index (χ4v) is 2.13. The zero-order valence-electron chi connectivity index (χ0n) is 12.2. The summed E-state index contributed by atoms with van der Waals surface area (Å²) in [6, 6.07) is 15.2. The maximum atomic E-state index is 13.4.